The van der Waals surface area contributed by atoms with Crippen LogP contribution >= 0.6 is 11.6 Å². The van der Waals surface area contributed by atoms with E-state index in [1.807, 2.05) is 13.0 Å². The van der Waals surface area contributed by atoms with Gasteiger partial charge in [-0.25, -0.2) is 0 Å². The van der Waals surface area contributed by atoms with Crippen molar-refractivity contribution in [1.29, 1.82) is 0 Å². The highest BCUT2D eigenvalue weighted by Gasteiger charge is 2.30. The molecule has 5 heteroatoms. The minimum absolute atomic E-state index is 0.105. The van der Waals surface area contributed by atoms with Crippen LogP contribution in [-0.2, 0) is 9.59 Å². The van der Waals surface area contributed by atoms with Crippen LogP contribution < -0.4 is 5.32 Å². The monoisotopic (exact) mass is 269 g/mol. The molecular formula is C13H16ClNO3. The van der Waals surface area contributed by atoms with Gasteiger partial charge in [0.25, 0.3) is 0 Å². The quantitative estimate of drug-likeness (QED) is 0.883. The van der Waals surface area contributed by atoms with E-state index in [2.05, 4.69) is 5.32 Å². The van der Waals surface area contributed by atoms with E-state index in [0.717, 1.165) is 5.56 Å². The van der Waals surface area contributed by atoms with Crippen molar-refractivity contribution >= 4 is 29.2 Å². The standard InChI is InChI=1S/C13H16ClNO3/c1-8-4-5-9(14)10(6-8)15-11(16)7-13(2,3)12(17)18/h4-6H,7H2,1-3H3,(H,15,16)(H,17,18). The Bertz CT molecular complexity index is 483. The Morgan fingerprint density at radius 1 is 1.39 bits per heavy atom. The molecule has 0 spiro atoms. The van der Waals surface area contributed by atoms with Crippen LogP contribution in [0, 0.1) is 12.3 Å². The molecule has 0 aliphatic heterocycles. The number of aliphatic carboxylic acids is 1. The van der Waals surface area contributed by atoms with Crippen LogP contribution in [-0.4, -0.2) is 17.0 Å². The van der Waals surface area contributed by atoms with E-state index >= 15 is 0 Å². The van der Waals surface area contributed by atoms with Crippen LogP contribution in [0.5, 0.6) is 0 Å². The molecular weight excluding hydrogens is 254 g/mol. The summed E-state index contributed by atoms with van der Waals surface area (Å²) in [6.07, 6.45) is -0.105. The second-order valence-corrected chi connectivity index (χ2v) is 5.30. The van der Waals surface area contributed by atoms with E-state index in [9.17, 15) is 9.59 Å². The first-order chi connectivity index (χ1) is 8.22. The Hall–Kier alpha value is -1.55. The van der Waals surface area contributed by atoms with Crippen molar-refractivity contribution in [3.8, 4) is 0 Å². The molecule has 18 heavy (non-hydrogen) atoms. The summed E-state index contributed by atoms with van der Waals surface area (Å²) in [5, 5.41) is 12.0. The lowest BCUT2D eigenvalue weighted by Gasteiger charge is -2.18. The molecule has 0 saturated carbocycles. The number of hydrogen-bond donors (Lipinski definition) is 2. The fraction of sp³-hybridized carbons (Fsp3) is 0.385. The van der Waals surface area contributed by atoms with Gasteiger partial charge in [0.2, 0.25) is 5.91 Å². The first-order valence-corrected chi connectivity index (χ1v) is 5.89. The van der Waals surface area contributed by atoms with Crippen LogP contribution in [0.3, 0.4) is 0 Å². The van der Waals surface area contributed by atoms with Gasteiger partial charge >= 0.3 is 5.97 Å². The molecule has 0 saturated heterocycles. The van der Waals surface area contributed by atoms with Crippen molar-refractivity contribution in [3.05, 3.63) is 28.8 Å². The van der Waals surface area contributed by atoms with Gasteiger partial charge in [0.15, 0.2) is 0 Å². The number of anilines is 1. The zero-order valence-corrected chi connectivity index (χ0v) is 11.3. The number of amides is 1. The predicted octanol–water partition coefficient (Wildman–Crippen LogP) is 3.09. The molecule has 0 fully saturated rings. The Morgan fingerprint density at radius 3 is 2.56 bits per heavy atom. The van der Waals surface area contributed by atoms with Crippen LogP contribution in [0.2, 0.25) is 5.02 Å². The summed E-state index contributed by atoms with van der Waals surface area (Å²) < 4.78 is 0. The highest BCUT2D eigenvalue weighted by atomic mass is 35.5. The number of nitrogens with one attached hydrogen (secondary N) is 1. The van der Waals surface area contributed by atoms with Gasteiger partial charge in [-0.1, -0.05) is 17.7 Å². The van der Waals surface area contributed by atoms with Crippen molar-refractivity contribution < 1.29 is 14.7 Å². The number of carbonyl (C=O) groups is 2. The molecule has 0 atom stereocenters. The maximum Gasteiger partial charge on any atom is 0.309 e. The zero-order chi connectivity index (χ0) is 13.9. The lowest BCUT2D eigenvalue weighted by molar-refractivity contribution is -0.148. The SMILES string of the molecule is Cc1ccc(Cl)c(NC(=O)CC(C)(C)C(=O)O)c1. The Morgan fingerprint density at radius 2 is 2.00 bits per heavy atom. The third-order valence-corrected chi connectivity index (χ3v) is 2.91. The topological polar surface area (TPSA) is 66.4 Å². The summed E-state index contributed by atoms with van der Waals surface area (Å²) in [4.78, 5) is 22.7. The maximum absolute atomic E-state index is 11.8. The third-order valence-electron chi connectivity index (χ3n) is 2.58. The van der Waals surface area contributed by atoms with Gasteiger partial charge in [0.1, 0.15) is 0 Å². The van der Waals surface area contributed by atoms with E-state index in [-0.39, 0.29) is 12.3 Å². The molecule has 0 heterocycles. The Labute approximate surface area is 111 Å². The molecule has 2 N–H and O–H groups in total. The summed E-state index contributed by atoms with van der Waals surface area (Å²) in [5.74, 6) is -1.37. The first kappa shape index (κ1) is 14.5. The molecule has 4 nitrogen and oxygen atoms in total. The maximum atomic E-state index is 11.8. The molecule has 0 radical (unpaired) electrons. The average molecular weight is 270 g/mol. The van der Waals surface area contributed by atoms with Gasteiger partial charge < -0.3 is 10.4 Å². The largest absolute Gasteiger partial charge is 0.481 e. The number of halogens is 1. The number of benzene rings is 1. The summed E-state index contributed by atoms with van der Waals surface area (Å²) >= 11 is 5.94. The van der Waals surface area contributed by atoms with Crippen molar-refractivity contribution in [2.45, 2.75) is 27.2 Å². The molecule has 98 valence electrons. The Balaban J connectivity index is 2.77. The van der Waals surface area contributed by atoms with Crippen molar-refractivity contribution in [2.24, 2.45) is 5.41 Å². The van der Waals surface area contributed by atoms with Crippen LogP contribution in [0.15, 0.2) is 18.2 Å². The van der Waals surface area contributed by atoms with E-state index in [1.165, 1.54) is 13.8 Å². The van der Waals surface area contributed by atoms with E-state index in [1.54, 1.807) is 12.1 Å². The minimum Gasteiger partial charge on any atom is -0.481 e. The summed E-state index contributed by atoms with van der Waals surface area (Å²) in [6.45, 7) is 4.90. The lowest BCUT2D eigenvalue weighted by Crippen LogP contribution is -2.29. The normalized spacial score (nSPS) is 11.1. The van der Waals surface area contributed by atoms with Crippen molar-refractivity contribution in [3.63, 3.8) is 0 Å². The highest BCUT2D eigenvalue weighted by molar-refractivity contribution is 6.33. The second kappa shape index (κ2) is 5.40. The molecule has 0 aliphatic rings. The molecule has 0 bridgehead atoms. The Kier molecular flexibility index (Phi) is 4.35. The molecule has 1 aromatic carbocycles. The van der Waals surface area contributed by atoms with Gasteiger partial charge in [-0.05, 0) is 38.5 Å². The number of carbonyl (C=O) groups excluding carboxylic acids is 1. The smallest absolute Gasteiger partial charge is 0.309 e. The van der Waals surface area contributed by atoms with Gasteiger partial charge in [-0.3, -0.25) is 9.59 Å². The van der Waals surface area contributed by atoms with Crippen LogP contribution in [0.4, 0.5) is 5.69 Å². The molecule has 0 unspecified atom stereocenters. The van der Waals surface area contributed by atoms with Gasteiger partial charge in [0, 0.05) is 6.42 Å². The van der Waals surface area contributed by atoms with Gasteiger partial charge in [-0.15, -0.1) is 0 Å². The van der Waals surface area contributed by atoms with Crippen LogP contribution in [0.1, 0.15) is 25.8 Å². The first-order valence-electron chi connectivity index (χ1n) is 5.52. The average Bonchev–Trinajstić information content (AvgIpc) is 2.22. The summed E-state index contributed by atoms with van der Waals surface area (Å²) in [5.41, 5.74) is 0.371. The number of aryl methyl sites for hydroxylation is 1. The third kappa shape index (κ3) is 3.74. The molecule has 1 rings (SSSR count). The van der Waals surface area contributed by atoms with E-state index in [4.69, 9.17) is 16.7 Å². The number of hydrogen-bond acceptors (Lipinski definition) is 2. The number of rotatable bonds is 4. The van der Waals surface area contributed by atoms with Crippen molar-refractivity contribution in [2.75, 3.05) is 5.32 Å². The second-order valence-electron chi connectivity index (χ2n) is 4.90. The fourth-order valence-electron chi connectivity index (χ4n) is 1.41. The van der Waals surface area contributed by atoms with E-state index in [0.29, 0.717) is 10.7 Å². The van der Waals surface area contributed by atoms with E-state index < -0.39 is 11.4 Å². The fourth-order valence-corrected chi connectivity index (χ4v) is 1.57. The number of carboxylic acids is 1. The molecule has 1 amide bonds. The molecule has 1 aromatic rings. The summed E-state index contributed by atoms with van der Waals surface area (Å²) in [7, 11) is 0. The molecule has 0 aliphatic carbocycles. The van der Waals surface area contributed by atoms with Gasteiger partial charge in [-0.2, -0.15) is 0 Å². The van der Waals surface area contributed by atoms with Crippen molar-refractivity contribution in [1.82, 2.24) is 0 Å². The predicted molar refractivity (Wildman–Crippen MR) is 70.9 cm³/mol. The molecule has 0 aromatic heterocycles. The van der Waals surface area contributed by atoms with Gasteiger partial charge in [0.05, 0.1) is 16.1 Å². The minimum atomic E-state index is -1.10. The highest BCUT2D eigenvalue weighted by Crippen LogP contribution is 2.25. The lowest BCUT2D eigenvalue weighted by atomic mass is 9.89. The number of carboxylic acid groups (broad SMARTS) is 1. The summed E-state index contributed by atoms with van der Waals surface area (Å²) in [6, 6.07) is 5.27. The van der Waals surface area contributed by atoms with Crippen LogP contribution in [0.25, 0.3) is 0 Å². The zero-order valence-electron chi connectivity index (χ0n) is 10.6.